The van der Waals surface area contributed by atoms with Crippen LogP contribution in [0, 0.1) is 5.82 Å². The Morgan fingerprint density at radius 1 is 0.939 bits per heavy atom. The summed E-state index contributed by atoms with van der Waals surface area (Å²) in [5, 5.41) is 3.02. The third-order valence-corrected chi connectivity index (χ3v) is 5.13. The summed E-state index contributed by atoms with van der Waals surface area (Å²) in [4.78, 5) is 27.7. The predicted molar refractivity (Wildman–Crippen MR) is 117 cm³/mol. The molecule has 0 unspecified atom stereocenters. The molecule has 8 nitrogen and oxygen atoms in total. The highest BCUT2D eigenvalue weighted by Gasteiger charge is 2.39. The Labute approximate surface area is 189 Å². The van der Waals surface area contributed by atoms with Crippen LogP contribution in [0.1, 0.15) is 11.3 Å². The molecule has 1 N–H and O–H groups in total. The number of carbonyl (C=O) groups is 2. The molecular formula is C24H21FN2O6. The van der Waals surface area contributed by atoms with Crippen LogP contribution < -0.4 is 19.5 Å². The lowest BCUT2D eigenvalue weighted by molar-refractivity contribution is -0.137. The topological polar surface area (TPSA) is 90.2 Å². The standard InChI is InChI=1S/C24H21FN2O6/c1-30-18-11-16(12-19(31-2)22(18)32-3)26-21-20(14-6-8-15(25)9-7-14)23(28)27(24(21)29)13-17-5-4-10-33-17/h4-12,26H,13H2,1-3H3. The van der Waals surface area contributed by atoms with Crippen molar-refractivity contribution in [1.82, 2.24) is 4.90 Å². The fraction of sp³-hybridized carbons (Fsp3) is 0.167. The van der Waals surface area contributed by atoms with Crippen molar-refractivity contribution >= 4 is 23.1 Å². The minimum atomic E-state index is -0.551. The number of nitrogens with one attached hydrogen (secondary N) is 1. The SMILES string of the molecule is COc1cc(NC2=C(c3ccc(F)cc3)C(=O)N(Cc3ccco3)C2=O)cc(OC)c1OC. The number of methoxy groups -OCH3 is 3. The van der Waals surface area contributed by atoms with Crippen LogP contribution in [0.4, 0.5) is 10.1 Å². The molecule has 33 heavy (non-hydrogen) atoms. The van der Waals surface area contributed by atoms with Gasteiger partial charge >= 0.3 is 0 Å². The van der Waals surface area contributed by atoms with E-state index in [0.717, 1.165) is 4.90 Å². The minimum absolute atomic E-state index is 0.0347. The predicted octanol–water partition coefficient (Wildman–Crippen LogP) is 3.84. The quantitative estimate of drug-likeness (QED) is 0.520. The Kier molecular flexibility index (Phi) is 6.03. The Balaban J connectivity index is 1.78. The van der Waals surface area contributed by atoms with Crippen LogP contribution in [0.2, 0.25) is 0 Å². The van der Waals surface area contributed by atoms with Crippen molar-refractivity contribution in [2.45, 2.75) is 6.54 Å². The van der Waals surface area contributed by atoms with Crippen LogP contribution in [0.15, 0.2) is 64.9 Å². The van der Waals surface area contributed by atoms with E-state index >= 15 is 0 Å². The van der Waals surface area contributed by atoms with Gasteiger partial charge in [0.25, 0.3) is 11.8 Å². The summed E-state index contributed by atoms with van der Waals surface area (Å²) >= 11 is 0. The average Bonchev–Trinajstić information content (AvgIpc) is 3.42. The fourth-order valence-corrected chi connectivity index (χ4v) is 3.58. The molecule has 2 amide bonds. The zero-order valence-electron chi connectivity index (χ0n) is 18.2. The monoisotopic (exact) mass is 452 g/mol. The maximum atomic E-state index is 13.5. The first kappa shape index (κ1) is 21.9. The highest BCUT2D eigenvalue weighted by atomic mass is 19.1. The van der Waals surface area contributed by atoms with Crippen LogP contribution in [-0.4, -0.2) is 38.0 Å². The van der Waals surface area contributed by atoms with E-state index in [1.54, 1.807) is 24.3 Å². The number of hydrogen-bond acceptors (Lipinski definition) is 7. The van der Waals surface area contributed by atoms with Gasteiger partial charge in [-0.05, 0) is 29.8 Å². The molecule has 4 rings (SSSR count). The number of rotatable bonds is 8. The number of benzene rings is 2. The number of imide groups is 1. The molecule has 1 aliphatic rings. The summed E-state index contributed by atoms with van der Waals surface area (Å²) in [6, 6.07) is 11.9. The van der Waals surface area contributed by atoms with Crippen molar-refractivity contribution in [2.75, 3.05) is 26.6 Å². The second-order valence-electron chi connectivity index (χ2n) is 7.07. The first-order valence-corrected chi connectivity index (χ1v) is 9.92. The number of nitrogens with zero attached hydrogens (tertiary/aromatic N) is 1. The van der Waals surface area contributed by atoms with Gasteiger partial charge in [0.05, 0.1) is 39.7 Å². The van der Waals surface area contributed by atoms with Gasteiger partial charge < -0.3 is 23.9 Å². The maximum absolute atomic E-state index is 13.5. The van der Waals surface area contributed by atoms with Crippen molar-refractivity contribution in [1.29, 1.82) is 0 Å². The summed E-state index contributed by atoms with van der Waals surface area (Å²) in [5.74, 6) is 0.0286. The van der Waals surface area contributed by atoms with Crippen molar-refractivity contribution in [3.05, 3.63) is 77.6 Å². The van der Waals surface area contributed by atoms with Crippen molar-refractivity contribution in [3.63, 3.8) is 0 Å². The number of amides is 2. The van der Waals surface area contributed by atoms with Gasteiger partial charge in [0.2, 0.25) is 5.75 Å². The third kappa shape index (κ3) is 4.12. The zero-order valence-corrected chi connectivity index (χ0v) is 18.2. The molecule has 2 heterocycles. The fourth-order valence-electron chi connectivity index (χ4n) is 3.58. The highest BCUT2D eigenvalue weighted by molar-refractivity contribution is 6.36. The lowest BCUT2D eigenvalue weighted by atomic mass is 10.0. The van der Waals surface area contributed by atoms with E-state index in [9.17, 15) is 14.0 Å². The molecule has 0 bridgehead atoms. The van der Waals surface area contributed by atoms with E-state index in [4.69, 9.17) is 18.6 Å². The van der Waals surface area contributed by atoms with Crippen molar-refractivity contribution in [3.8, 4) is 17.2 Å². The molecule has 1 aromatic heterocycles. The smallest absolute Gasteiger partial charge is 0.278 e. The molecule has 0 saturated carbocycles. The van der Waals surface area contributed by atoms with Crippen LogP contribution >= 0.6 is 0 Å². The summed E-state index contributed by atoms with van der Waals surface area (Å²) < 4.78 is 34.9. The molecule has 1 aliphatic heterocycles. The largest absolute Gasteiger partial charge is 0.493 e. The maximum Gasteiger partial charge on any atom is 0.278 e. The molecule has 170 valence electrons. The Morgan fingerprint density at radius 2 is 1.61 bits per heavy atom. The van der Waals surface area contributed by atoms with Gasteiger partial charge in [-0.2, -0.15) is 0 Å². The van der Waals surface area contributed by atoms with E-state index in [-0.39, 0.29) is 17.8 Å². The second kappa shape index (κ2) is 9.07. The van der Waals surface area contributed by atoms with Gasteiger partial charge in [0, 0.05) is 17.8 Å². The minimum Gasteiger partial charge on any atom is -0.493 e. The normalized spacial score (nSPS) is 13.5. The number of furan rings is 1. The highest BCUT2D eigenvalue weighted by Crippen LogP contribution is 2.41. The van der Waals surface area contributed by atoms with E-state index in [1.165, 1.54) is 51.9 Å². The van der Waals surface area contributed by atoms with Crippen molar-refractivity contribution < 1.29 is 32.6 Å². The molecular weight excluding hydrogens is 431 g/mol. The van der Waals surface area contributed by atoms with Gasteiger partial charge in [-0.3, -0.25) is 14.5 Å². The summed E-state index contributed by atoms with van der Waals surface area (Å²) in [5.41, 5.74) is 0.972. The van der Waals surface area contributed by atoms with E-state index in [2.05, 4.69) is 5.32 Å². The molecule has 9 heteroatoms. The average molecular weight is 452 g/mol. The first-order valence-electron chi connectivity index (χ1n) is 9.92. The van der Waals surface area contributed by atoms with Gasteiger partial charge in [-0.25, -0.2) is 4.39 Å². The molecule has 0 aliphatic carbocycles. The zero-order chi connectivity index (χ0) is 23.5. The van der Waals surface area contributed by atoms with Gasteiger partial charge in [0.1, 0.15) is 17.3 Å². The third-order valence-electron chi connectivity index (χ3n) is 5.13. The van der Waals surface area contributed by atoms with Gasteiger partial charge in [0.15, 0.2) is 11.5 Å². The van der Waals surface area contributed by atoms with E-state index < -0.39 is 17.6 Å². The van der Waals surface area contributed by atoms with E-state index in [1.807, 2.05) is 0 Å². The van der Waals surface area contributed by atoms with Crippen LogP contribution in [0.5, 0.6) is 17.2 Å². The van der Waals surface area contributed by atoms with Crippen molar-refractivity contribution in [2.24, 2.45) is 0 Å². The Bertz CT molecular complexity index is 1190. The second-order valence-corrected chi connectivity index (χ2v) is 7.07. The van der Waals surface area contributed by atoms with Crippen LogP contribution in [-0.2, 0) is 16.1 Å². The molecule has 2 aromatic carbocycles. The molecule has 0 radical (unpaired) electrons. The number of anilines is 1. The molecule has 3 aromatic rings. The molecule has 0 fully saturated rings. The molecule has 0 saturated heterocycles. The lowest BCUT2D eigenvalue weighted by Gasteiger charge is -2.16. The van der Waals surface area contributed by atoms with Crippen LogP contribution in [0.3, 0.4) is 0 Å². The number of ether oxygens (including phenoxy) is 3. The number of carbonyl (C=O) groups excluding carboxylic acids is 2. The van der Waals surface area contributed by atoms with E-state index in [0.29, 0.717) is 34.3 Å². The summed E-state index contributed by atoms with van der Waals surface area (Å²) in [7, 11) is 4.42. The molecule has 0 spiro atoms. The number of halogens is 1. The van der Waals surface area contributed by atoms with Crippen LogP contribution in [0.25, 0.3) is 5.57 Å². The lowest BCUT2D eigenvalue weighted by Crippen LogP contribution is -2.31. The van der Waals surface area contributed by atoms with Gasteiger partial charge in [-0.1, -0.05) is 12.1 Å². The summed E-state index contributed by atoms with van der Waals surface area (Å²) in [6.45, 7) is -0.0458. The van der Waals surface area contributed by atoms with Gasteiger partial charge in [-0.15, -0.1) is 0 Å². The Morgan fingerprint density at radius 3 is 2.15 bits per heavy atom. The molecule has 0 atom stereocenters. The summed E-state index contributed by atoms with van der Waals surface area (Å²) in [6.07, 6.45) is 1.46. The number of hydrogen-bond donors (Lipinski definition) is 1. The Hall–Kier alpha value is -4.27. The first-order chi connectivity index (χ1) is 16.0.